The number of methoxy groups -OCH3 is 1. The number of anilines is 1. The first kappa shape index (κ1) is 25.2. The Morgan fingerprint density at radius 1 is 0.912 bits per heavy atom. The van der Waals surface area contributed by atoms with Crippen LogP contribution < -0.4 is 4.90 Å². The molecule has 178 valence electrons. The van der Waals surface area contributed by atoms with E-state index in [1.165, 1.54) is 0 Å². The Kier molecular flexibility index (Phi) is 8.28. The average molecular weight is 538 g/mol. The lowest BCUT2D eigenvalue weighted by Gasteiger charge is -2.47. The molecule has 0 spiro atoms. The van der Waals surface area contributed by atoms with Crippen LogP contribution in [0.1, 0.15) is 17.2 Å². The number of piperazine rings is 1. The zero-order valence-corrected chi connectivity index (χ0v) is 21.6. The molecule has 1 fully saturated rings. The molecule has 1 aliphatic rings. The molecule has 1 saturated heterocycles. The predicted molar refractivity (Wildman–Crippen MR) is 141 cm³/mol. The third kappa shape index (κ3) is 5.81. The van der Waals surface area contributed by atoms with Gasteiger partial charge in [0.05, 0.1) is 25.1 Å². The van der Waals surface area contributed by atoms with Gasteiger partial charge in [-0.3, -0.25) is 4.79 Å². The highest BCUT2D eigenvalue weighted by molar-refractivity contribution is 6.35. The van der Waals surface area contributed by atoms with Gasteiger partial charge in [-0.25, -0.2) is 0 Å². The van der Waals surface area contributed by atoms with E-state index in [0.717, 1.165) is 16.8 Å². The number of rotatable bonds is 6. The maximum absolute atomic E-state index is 13.5. The van der Waals surface area contributed by atoms with Crippen LogP contribution in [0.15, 0.2) is 66.7 Å². The minimum atomic E-state index is -0.178. The summed E-state index contributed by atoms with van der Waals surface area (Å²) in [5.74, 6) is 0.00941. The minimum absolute atomic E-state index is 0.00941. The number of carbonyl (C=O) groups excluding carboxylic acids is 1. The van der Waals surface area contributed by atoms with Crippen LogP contribution in [0.5, 0.6) is 0 Å². The molecule has 0 aromatic heterocycles. The molecule has 0 unspecified atom stereocenters. The molecule has 1 heterocycles. The number of hydrogen-bond acceptors (Lipinski definition) is 3. The second-order valence-electron chi connectivity index (χ2n) is 8.27. The van der Waals surface area contributed by atoms with E-state index in [0.29, 0.717) is 39.8 Å². The Balaban J connectivity index is 1.70. The van der Waals surface area contributed by atoms with Crippen molar-refractivity contribution < 1.29 is 9.53 Å². The fourth-order valence-electron chi connectivity index (χ4n) is 4.41. The van der Waals surface area contributed by atoms with Gasteiger partial charge in [0.1, 0.15) is 0 Å². The van der Waals surface area contributed by atoms with E-state index in [1.807, 2.05) is 59.5 Å². The SMILES string of the molecule is COC[C@H]1CN(c2ccc(Cl)cc2)[C@@H](c2ccc(Cl)cc2Cl)CN1C(=O)Cc1cccc(Cl)c1. The highest BCUT2D eigenvalue weighted by Gasteiger charge is 2.38. The molecule has 4 nitrogen and oxygen atoms in total. The Bertz CT molecular complexity index is 1160. The number of nitrogens with zero attached hydrogens (tertiary/aromatic N) is 2. The van der Waals surface area contributed by atoms with Gasteiger partial charge in [0.2, 0.25) is 5.91 Å². The van der Waals surface area contributed by atoms with Gasteiger partial charge in [-0.05, 0) is 59.7 Å². The zero-order valence-electron chi connectivity index (χ0n) is 18.6. The Morgan fingerprint density at radius 3 is 2.29 bits per heavy atom. The van der Waals surface area contributed by atoms with Crippen LogP contribution in [-0.2, 0) is 16.0 Å². The van der Waals surface area contributed by atoms with Crippen molar-refractivity contribution in [2.75, 3.05) is 31.7 Å². The van der Waals surface area contributed by atoms with E-state index < -0.39 is 0 Å². The summed E-state index contributed by atoms with van der Waals surface area (Å²) in [5, 5.41) is 2.39. The van der Waals surface area contributed by atoms with Crippen molar-refractivity contribution >= 4 is 58.0 Å². The second-order valence-corrected chi connectivity index (χ2v) is 9.99. The number of amides is 1. The molecule has 1 amide bonds. The predicted octanol–water partition coefficient (Wildman–Crippen LogP) is 6.95. The molecular formula is C26H24Cl4N2O2. The number of ether oxygens (including phenoxy) is 1. The molecule has 0 saturated carbocycles. The van der Waals surface area contributed by atoms with Crippen LogP contribution in [0.4, 0.5) is 5.69 Å². The van der Waals surface area contributed by atoms with Crippen molar-refractivity contribution in [3.05, 3.63) is 97.9 Å². The van der Waals surface area contributed by atoms with Crippen molar-refractivity contribution in [3.63, 3.8) is 0 Å². The summed E-state index contributed by atoms with van der Waals surface area (Å²) >= 11 is 25.1. The minimum Gasteiger partial charge on any atom is -0.382 e. The quantitative estimate of drug-likeness (QED) is 0.341. The lowest BCUT2D eigenvalue weighted by Crippen LogP contribution is -2.58. The van der Waals surface area contributed by atoms with Gasteiger partial charge in [-0.1, -0.05) is 64.6 Å². The molecule has 2 atom stereocenters. The van der Waals surface area contributed by atoms with Gasteiger partial charge in [0.15, 0.2) is 0 Å². The molecule has 3 aromatic rings. The molecule has 3 aromatic carbocycles. The van der Waals surface area contributed by atoms with Crippen LogP contribution in [0.2, 0.25) is 20.1 Å². The molecule has 0 bridgehead atoms. The normalized spacial score (nSPS) is 18.3. The second kappa shape index (κ2) is 11.2. The first-order valence-corrected chi connectivity index (χ1v) is 12.4. The molecular weight excluding hydrogens is 514 g/mol. The monoisotopic (exact) mass is 536 g/mol. The molecule has 0 aliphatic carbocycles. The lowest BCUT2D eigenvalue weighted by molar-refractivity contribution is -0.135. The first-order valence-electron chi connectivity index (χ1n) is 10.9. The fraction of sp³-hybridized carbons (Fsp3) is 0.269. The summed E-state index contributed by atoms with van der Waals surface area (Å²) in [4.78, 5) is 17.6. The van der Waals surface area contributed by atoms with Crippen LogP contribution in [-0.4, -0.2) is 43.7 Å². The summed E-state index contributed by atoms with van der Waals surface area (Å²) in [6.07, 6.45) is 0.253. The number of carbonyl (C=O) groups is 1. The van der Waals surface area contributed by atoms with E-state index in [4.69, 9.17) is 51.1 Å². The summed E-state index contributed by atoms with van der Waals surface area (Å²) in [7, 11) is 1.65. The average Bonchev–Trinajstić information content (AvgIpc) is 2.80. The third-order valence-electron chi connectivity index (χ3n) is 6.00. The van der Waals surface area contributed by atoms with E-state index >= 15 is 0 Å². The standard InChI is InChI=1S/C26H24Cl4N2O2/c1-34-16-22-14-31(21-8-5-18(27)6-9-21)25(23-10-7-20(29)13-24(23)30)15-32(22)26(33)12-17-3-2-4-19(28)11-17/h2-11,13,22,25H,12,14-16H2,1H3/t22-,25-/m1/s1. The lowest BCUT2D eigenvalue weighted by atomic mass is 9.97. The molecule has 0 N–H and O–H groups in total. The maximum atomic E-state index is 13.5. The fourth-order valence-corrected chi connectivity index (χ4v) is 5.28. The van der Waals surface area contributed by atoms with E-state index in [1.54, 1.807) is 19.2 Å². The molecule has 1 aliphatic heterocycles. The van der Waals surface area contributed by atoms with Crippen LogP contribution >= 0.6 is 46.4 Å². The highest BCUT2D eigenvalue weighted by Crippen LogP contribution is 2.37. The van der Waals surface area contributed by atoms with Crippen LogP contribution in [0, 0.1) is 0 Å². The van der Waals surface area contributed by atoms with Crippen LogP contribution in [0.3, 0.4) is 0 Å². The third-order valence-corrected chi connectivity index (χ3v) is 7.05. The van der Waals surface area contributed by atoms with Gasteiger partial charge < -0.3 is 14.5 Å². The van der Waals surface area contributed by atoms with Gasteiger partial charge in [0.25, 0.3) is 0 Å². The van der Waals surface area contributed by atoms with E-state index in [2.05, 4.69) is 4.90 Å². The van der Waals surface area contributed by atoms with Crippen molar-refractivity contribution in [3.8, 4) is 0 Å². The number of hydrogen-bond donors (Lipinski definition) is 0. The topological polar surface area (TPSA) is 32.8 Å². The van der Waals surface area contributed by atoms with Crippen molar-refractivity contribution in [2.45, 2.75) is 18.5 Å². The summed E-state index contributed by atoms with van der Waals surface area (Å²) < 4.78 is 5.51. The molecule has 8 heteroatoms. The molecule has 0 radical (unpaired) electrons. The zero-order chi connectivity index (χ0) is 24.2. The van der Waals surface area contributed by atoms with E-state index in [9.17, 15) is 4.79 Å². The van der Waals surface area contributed by atoms with Crippen molar-refractivity contribution in [1.29, 1.82) is 0 Å². The Morgan fingerprint density at radius 2 is 1.62 bits per heavy atom. The summed E-state index contributed by atoms with van der Waals surface area (Å²) in [6, 6.07) is 20.2. The number of halogens is 4. The first-order chi connectivity index (χ1) is 16.4. The van der Waals surface area contributed by atoms with E-state index in [-0.39, 0.29) is 24.4 Å². The molecule has 34 heavy (non-hydrogen) atoms. The smallest absolute Gasteiger partial charge is 0.227 e. The van der Waals surface area contributed by atoms with Crippen LogP contribution in [0.25, 0.3) is 0 Å². The van der Waals surface area contributed by atoms with Crippen molar-refractivity contribution in [1.82, 2.24) is 4.90 Å². The summed E-state index contributed by atoms with van der Waals surface area (Å²) in [5.41, 5.74) is 2.76. The van der Waals surface area contributed by atoms with Crippen molar-refractivity contribution in [2.24, 2.45) is 0 Å². The largest absolute Gasteiger partial charge is 0.382 e. The van der Waals surface area contributed by atoms with Gasteiger partial charge >= 0.3 is 0 Å². The van der Waals surface area contributed by atoms with Gasteiger partial charge in [-0.2, -0.15) is 0 Å². The summed E-state index contributed by atoms with van der Waals surface area (Å²) in [6.45, 7) is 1.42. The van der Waals surface area contributed by atoms with Gasteiger partial charge in [0, 0.05) is 46.0 Å². The Labute approximate surface area is 219 Å². The maximum Gasteiger partial charge on any atom is 0.227 e. The Hall–Kier alpha value is -1.95. The van der Waals surface area contributed by atoms with Gasteiger partial charge in [-0.15, -0.1) is 0 Å². The number of benzene rings is 3. The highest BCUT2D eigenvalue weighted by atomic mass is 35.5. The molecule has 4 rings (SSSR count).